The summed E-state index contributed by atoms with van der Waals surface area (Å²) in [6.07, 6.45) is 3.94. The number of ether oxygens (including phenoxy) is 2. The van der Waals surface area contributed by atoms with E-state index >= 15 is 0 Å². The Morgan fingerprint density at radius 3 is 2.59 bits per heavy atom. The molecule has 0 amide bonds. The highest BCUT2D eigenvalue weighted by Gasteiger charge is 2.25. The van der Waals surface area contributed by atoms with Gasteiger partial charge in [-0.25, -0.2) is 9.97 Å². The Morgan fingerprint density at radius 2 is 2.00 bits per heavy atom. The van der Waals surface area contributed by atoms with Crippen LogP contribution in [0.4, 0.5) is 5.82 Å². The Labute approximate surface area is 131 Å². The van der Waals surface area contributed by atoms with Gasteiger partial charge in [0, 0.05) is 25.6 Å². The number of aromatic nitrogens is 2. The monoisotopic (exact) mass is 307 g/mol. The van der Waals surface area contributed by atoms with Gasteiger partial charge in [0.15, 0.2) is 0 Å². The van der Waals surface area contributed by atoms with Gasteiger partial charge >= 0.3 is 5.97 Å². The molecule has 0 radical (unpaired) electrons. The van der Waals surface area contributed by atoms with Gasteiger partial charge in [0.2, 0.25) is 5.88 Å². The van der Waals surface area contributed by atoms with Crippen LogP contribution in [0.1, 0.15) is 40.0 Å². The third-order valence-corrected chi connectivity index (χ3v) is 3.65. The molecule has 1 aromatic heterocycles. The standard InChI is InChI=1S/C16H25N3O3/c1-16(2,3)22-15(20)9-12-5-7-19(8-6-12)13-10-14(21-4)18-11-17-13/h10-12H,5-9H2,1-4H3. The number of methoxy groups -OCH3 is 1. The summed E-state index contributed by atoms with van der Waals surface area (Å²) in [4.78, 5) is 22.4. The van der Waals surface area contributed by atoms with E-state index in [1.54, 1.807) is 7.11 Å². The second-order valence-corrected chi connectivity index (χ2v) is 6.64. The van der Waals surface area contributed by atoms with Gasteiger partial charge in [0.1, 0.15) is 17.7 Å². The number of carbonyl (C=O) groups excluding carboxylic acids is 1. The number of anilines is 1. The third kappa shape index (κ3) is 4.86. The molecule has 6 heteroatoms. The second kappa shape index (κ2) is 6.94. The van der Waals surface area contributed by atoms with E-state index in [9.17, 15) is 4.79 Å². The topological polar surface area (TPSA) is 64.5 Å². The highest BCUT2D eigenvalue weighted by Crippen LogP contribution is 2.26. The highest BCUT2D eigenvalue weighted by atomic mass is 16.6. The van der Waals surface area contributed by atoms with Gasteiger partial charge in [-0.15, -0.1) is 0 Å². The summed E-state index contributed by atoms with van der Waals surface area (Å²) < 4.78 is 10.5. The first kappa shape index (κ1) is 16.5. The summed E-state index contributed by atoms with van der Waals surface area (Å²) in [5.74, 6) is 1.73. The largest absolute Gasteiger partial charge is 0.481 e. The SMILES string of the molecule is COc1cc(N2CCC(CC(=O)OC(C)(C)C)CC2)ncn1. The van der Waals surface area contributed by atoms with E-state index in [0.717, 1.165) is 31.7 Å². The maximum atomic E-state index is 11.9. The van der Waals surface area contributed by atoms with Crippen LogP contribution in [0, 0.1) is 5.92 Å². The summed E-state index contributed by atoms with van der Waals surface area (Å²) in [5.41, 5.74) is -0.407. The van der Waals surface area contributed by atoms with Crippen LogP contribution in [0.3, 0.4) is 0 Å². The van der Waals surface area contributed by atoms with E-state index in [2.05, 4.69) is 14.9 Å². The Balaban J connectivity index is 1.84. The van der Waals surface area contributed by atoms with Crippen molar-refractivity contribution in [2.24, 2.45) is 5.92 Å². The lowest BCUT2D eigenvalue weighted by molar-refractivity contribution is -0.156. The van der Waals surface area contributed by atoms with Crippen molar-refractivity contribution >= 4 is 11.8 Å². The predicted octanol–water partition coefficient (Wildman–Crippen LogP) is 2.43. The molecule has 22 heavy (non-hydrogen) atoms. The van der Waals surface area contributed by atoms with Crippen molar-refractivity contribution in [1.29, 1.82) is 0 Å². The van der Waals surface area contributed by atoms with Crippen molar-refractivity contribution in [1.82, 2.24) is 9.97 Å². The molecule has 122 valence electrons. The minimum atomic E-state index is -0.407. The number of piperidine rings is 1. The van der Waals surface area contributed by atoms with E-state index in [-0.39, 0.29) is 5.97 Å². The Hall–Kier alpha value is -1.85. The van der Waals surface area contributed by atoms with Crippen LogP contribution in [0.5, 0.6) is 5.88 Å². The lowest BCUT2D eigenvalue weighted by Gasteiger charge is -2.32. The molecule has 2 heterocycles. The van der Waals surface area contributed by atoms with Crippen LogP contribution in [-0.2, 0) is 9.53 Å². The quantitative estimate of drug-likeness (QED) is 0.796. The van der Waals surface area contributed by atoms with Gasteiger partial charge in [-0.3, -0.25) is 4.79 Å². The van der Waals surface area contributed by atoms with Crippen LogP contribution in [0.25, 0.3) is 0 Å². The first-order valence-corrected chi connectivity index (χ1v) is 7.70. The van der Waals surface area contributed by atoms with E-state index in [4.69, 9.17) is 9.47 Å². The van der Waals surface area contributed by atoms with Crippen molar-refractivity contribution in [2.45, 2.75) is 45.6 Å². The van der Waals surface area contributed by atoms with Crippen molar-refractivity contribution in [3.63, 3.8) is 0 Å². The Kier molecular flexibility index (Phi) is 5.21. The third-order valence-electron chi connectivity index (χ3n) is 3.65. The van der Waals surface area contributed by atoms with Crippen LogP contribution < -0.4 is 9.64 Å². The van der Waals surface area contributed by atoms with Crippen molar-refractivity contribution in [3.8, 4) is 5.88 Å². The zero-order chi connectivity index (χ0) is 16.2. The van der Waals surface area contributed by atoms with E-state index in [0.29, 0.717) is 18.2 Å². The molecule has 0 N–H and O–H groups in total. The van der Waals surface area contributed by atoms with Crippen molar-refractivity contribution in [3.05, 3.63) is 12.4 Å². The van der Waals surface area contributed by atoms with Crippen molar-refractivity contribution < 1.29 is 14.3 Å². The van der Waals surface area contributed by atoms with Gasteiger partial charge in [0.05, 0.1) is 7.11 Å². The molecule has 1 aromatic rings. The van der Waals surface area contributed by atoms with Gasteiger partial charge in [-0.2, -0.15) is 0 Å². The minimum Gasteiger partial charge on any atom is -0.481 e. The fourth-order valence-corrected chi connectivity index (χ4v) is 2.60. The van der Waals surface area contributed by atoms with Gasteiger partial charge in [-0.1, -0.05) is 0 Å². The molecular weight excluding hydrogens is 282 g/mol. The van der Waals surface area contributed by atoms with Crippen LogP contribution >= 0.6 is 0 Å². The molecule has 0 saturated carbocycles. The number of nitrogens with zero attached hydrogens (tertiary/aromatic N) is 3. The molecule has 1 fully saturated rings. The Bertz CT molecular complexity index is 506. The fraction of sp³-hybridized carbons (Fsp3) is 0.688. The van der Waals surface area contributed by atoms with Crippen LogP contribution in [0.15, 0.2) is 12.4 Å². The highest BCUT2D eigenvalue weighted by molar-refractivity contribution is 5.70. The summed E-state index contributed by atoms with van der Waals surface area (Å²) in [7, 11) is 1.60. The van der Waals surface area contributed by atoms with Crippen molar-refractivity contribution in [2.75, 3.05) is 25.1 Å². The van der Waals surface area contributed by atoms with E-state index in [1.807, 2.05) is 26.8 Å². The zero-order valence-corrected chi connectivity index (χ0v) is 13.8. The summed E-state index contributed by atoms with van der Waals surface area (Å²) in [5, 5.41) is 0. The number of esters is 1. The van der Waals surface area contributed by atoms with E-state index in [1.165, 1.54) is 6.33 Å². The molecule has 1 aliphatic rings. The predicted molar refractivity (Wildman–Crippen MR) is 84.0 cm³/mol. The molecule has 0 aromatic carbocycles. The molecule has 0 spiro atoms. The van der Waals surface area contributed by atoms with Gasteiger partial charge in [0.25, 0.3) is 0 Å². The van der Waals surface area contributed by atoms with Crippen LogP contribution in [0.2, 0.25) is 0 Å². The molecule has 1 saturated heterocycles. The molecule has 0 aliphatic carbocycles. The van der Waals surface area contributed by atoms with E-state index < -0.39 is 5.60 Å². The minimum absolute atomic E-state index is 0.102. The maximum Gasteiger partial charge on any atom is 0.306 e. The van der Waals surface area contributed by atoms with Gasteiger partial charge < -0.3 is 14.4 Å². The average molecular weight is 307 g/mol. The maximum absolute atomic E-state index is 11.9. The normalized spacial score (nSPS) is 16.5. The molecule has 2 rings (SSSR count). The fourth-order valence-electron chi connectivity index (χ4n) is 2.60. The number of rotatable bonds is 4. The second-order valence-electron chi connectivity index (χ2n) is 6.64. The van der Waals surface area contributed by atoms with Crippen LogP contribution in [-0.4, -0.2) is 41.7 Å². The summed E-state index contributed by atoms with van der Waals surface area (Å²) >= 11 is 0. The summed E-state index contributed by atoms with van der Waals surface area (Å²) in [6.45, 7) is 7.46. The number of carbonyl (C=O) groups is 1. The molecule has 0 atom stereocenters. The first-order chi connectivity index (χ1) is 10.4. The first-order valence-electron chi connectivity index (χ1n) is 7.70. The molecular formula is C16H25N3O3. The lowest BCUT2D eigenvalue weighted by atomic mass is 9.93. The van der Waals surface area contributed by atoms with Gasteiger partial charge in [-0.05, 0) is 39.5 Å². The molecule has 0 unspecified atom stereocenters. The lowest BCUT2D eigenvalue weighted by Crippen LogP contribution is -2.35. The number of hydrogen-bond donors (Lipinski definition) is 0. The zero-order valence-electron chi connectivity index (χ0n) is 13.8. The average Bonchev–Trinajstić information content (AvgIpc) is 2.46. The Morgan fingerprint density at radius 1 is 1.32 bits per heavy atom. The molecule has 6 nitrogen and oxygen atoms in total. The smallest absolute Gasteiger partial charge is 0.306 e. The number of hydrogen-bond acceptors (Lipinski definition) is 6. The molecule has 0 bridgehead atoms. The summed E-state index contributed by atoms with van der Waals surface area (Å²) in [6, 6.07) is 1.84. The molecule has 1 aliphatic heterocycles.